The summed E-state index contributed by atoms with van der Waals surface area (Å²) in [6.07, 6.45) is 7.25. The zero-order chi connectivity index (χ0) is 17.9. The molecule has 24 heavy (non-hydrogen) atoms. The van der Waals surface area contributed by atoms with E-state index in [1.807, 2.05) is 6.92 Å². The Labute approximate surface area is 144 Å². The first kappa shape index (κ1) is 20.0. The first-order valence-corrected chi connectivity index (χ1v) is 8.86. The van der Waals surface area contributed by atoms with Crippen LogP contribution in [0.3, 0.4) is 0 Å². The molecule has 1 aliphatic carbocycles. The summed E-state index contributed by atoms with van der Waals surface area (Å²) in [6, 6.07) is 5.04. The standard InChI is InChI=1S/C13H18N2O3.C6H12/c1-2-3-12(16)9-4-5-11(10(14)8-9)15-7-6-13(17)18;1-2-3-6-4-5-6/h4-5,8,15H,2-3,6-7,14H2,1H3,(H,17,18);6H,2-5H2,1H3. The Morgan fingerprint density at radius 1 is 1.21 bits per heavy atom. The summed E-state index contributed by atoms with van der Waals surface area (Å²) < 4.78 is 0. The van der Waals surface area contributed by atoms with Gasteiger partial charge in [0.05, 0.1) is 17.8 Å². The molecule has 0 heterocycles. The molecule has 0 saturated heterocycles. The van der Waals surface area contributed by atoms with E-state index in [0.717, 1.165) is 12.3 Å². The predicted molar refractivity (Wildman–Crippen MR) is 98.5 cm³/mol. The molecule has 5 heteroatoms. The highest BCUT2D eigenvalue weighted by molar-refractivity contribution is 5.97. The quantitative estimate of drug-likeness (QED) is 0.461. The monoisotopic (exact) mass is 334 g/mol. The number of anilines is 2. The number of nitrogens with one attached hydrogen (secondary N) is 1. The van der Waals surface area contributed by atoms with Crippen LogP contribution in [-0.2, 0) is 4.79 Å². The molecule has 0 aromatic heterocycles. The number of ketones is 1. The van der Waals surface area contributed by atoms with Crippen molar-refractivity contribution in [1.29, 1.82) is 0 Å². The molecule has 1 aromatic carbocycles. The first-order valence-electron chi connectivity index (χ1n) is 8.86. The molecular formula is C19H30N2O3. The molecule has 0 amide bonds. The van der Waals surface area contributed by atoms with E-state index >= 15 is 0 Å². The fourth-order valence-electron chi connectivity index (χ4n) is 2.39. The molecule has 1 saturated carbocycles. The molecule has 0 atom stereocenters. The van der Waals surface area contributed by atoms with Crippen LogP contribution >= 0.6 is 0 Å². The molecule has 1 aromatic rings. The maximum atomic E-state index is 11.7. The predicted octanol–water partition coefficient (Wildman–Crippen LogP) is 4.33. The summed E-state index contributed by atoms with van der Waals surface area (Å²) >= 11 is 0. The van der Waals surface area contributed by atoms with Gasteiger partial charge in [-0.15, -0.1) is 0 Å². The van der Waals surface area contributed by atoms with Crippen LogP contribution in [0.25, 0.3) is 0 Å². The van der Waals surface area contributed by atoms with Crippen LogP contribution in [0.15, 0.2) is 18.2 Å². The van der Waals surface area contributed by atoms with E-state index in [1.54, 1.807) is 18.2 Å². The third-order valence-corrected chi connectivity index (χ3v) is 3.90. The van der Waals surface area contributed by atoms with Gasteiger partial charge in [0, 0.05) is 18.5 Å². The van der Waals surface area contributed by atoms with Crippen molar-refractivity contribution in [3.63, 3.8) is 0 Å². The van der Waals surface area contributed by atoms with Crippen molar-refractivity contribution in [2.75, 3.05) is 17.6 Å². The fourth-order valence-corrected chi connectivity index (χ4v) is 2.39. The highest BCUT2D eigenvalue weighted by Crippen LogP contribution is 2.33. The van der Waals surface area contributed by atoms with E-state index in [1.165, 1.54) is 25.7 Å². The number of hydrogen-bond donors (Lipinski definition) is 3. The van der Waals surface area contributed by atoms with Gasteiger partial charge in [0.25, 0.3) is 0 Å². The zero-order valence-corrected chi connectivity index (χ0v) is 14.8. The Morgan fingerprint density at radius 2 is 1.92 bits per heavy atom. The normalized spacial score (nSPS) is 12.9. The lowest BCUT2D eigenvalue weighted by atomic mass is 10.1. The second-order valence-corrected chi connectivity index (χ2v) is 6.28. The van der Waals surface area contributed by atoms with Gasteiger partial charge in [-0.3, -0.25) is 9.59 Å². The number of carboxylic acids is 1. The molecule has 0 aliphatic heterocycles. The maximum absolute atomic E-state index is 11.7. The minimum Gasteiger partial charge on any atom is -0.481 e. The van der Waals surface area contributed by atoms with Gasteiger partial charge in [-0.05, 0) is 30.5 Å². The highest BCUT2D eigenvalue weighted by Gasteiger charge is 2.18. The summed E-state index contributed by atoms with van der Waals surface area (Å²) in [5.41, 5.74) is 7.52. The third kappa shape index (κ3) is 7.99. The van der Waals surface area contributed by atoms with E-state index in [0.29, 0.717) is 29.9 Å². The average molecular weight is 334 g/mol. The molecule has 134 valence electrons. The number of nitrogens with two attached hydrogens (primary N) is 1. The van der Waals surface area contributed by atoms with Crippen LogP contribution in [0.1, 0.15) is 69.2 Å². The van der Waals surface area contributed by atoms with E-state index in [2.05, 4.69) is 12.2 Å². The SMILES string of the molecule is CCCC(=O)c1ccc(NCCC(=O)O)c(N)c1.CCCC1CC1. The molecule has 5 nitrogen and oxygen atoms in total. The number of rotatable bonds is 9. The smallest absolute Gasteiger partial charge is 0.305 e. The Balaban J connectivity index is 0.000000400. The van der Waals surface area contributed by atoms with Crippen LogP contribution in [0, 0.1) is 5.92 Å². The van der Waals surface area contributed by atoms with Crippen LogP contribution in [0.2, 0.25) is 0 Å². The van der Waals surface area contributed by atoms with E-state index in [4.69, 9.17) is 10.8 Å². The van der Waals surface area contributed by atoms with Gasteiger partial charge < -0.3 is 16.2 Å². The minimum absolute atomic E-state index is 0.0238. The maximum Gasteiger partial charge on any atom is 0.305 e. The molecular weight excluding hydrogens is 304 g/mol. The highest BCUT2D eigenvalue weighted by atomic mass is 16.4. The van der Waals surface area contributed by atoms with E-state index in [9.17, 15) is 9.59 Å². The van der Waals surface area contributed by atoms with E-state index in [-0.39, 0.29) is 12.2 Å². The third-order valence-electron chi connectivity index (χ3n) is 3.90. The minimum atomic E-state index is -0.865. The summed E-state index contributed by atoms with van der Waals surface area (Å²) in [7, 11) is 0. The zero-order valence-electron chi connectivity index (χ0n) is 14.8. The van der Waals surface area contributed by atoms with Gasteiger partial charge in [-0.25, -0.2) is 0 Å². The summed E-state index contributed by atoms with van der Waals surface area (Å²) in [5, 5.41) is 11.4. The lowest BCUT2D eigenvalue weighted by Gasteiger charge is -2.09. The van der Waals surface area contributed by atoms with Gasteiger partial charge in [0.2, 0.25) is 0 Å². The summed E-state index contributed by atoms with van der Waals surface area (Å²) in [6.45, 7) is 4.52. The second-order valence-electron chi connectivity index (χ2n) is 6.28. The number of carbonyl (C=O) groups excluding carboxylic acids is 1. The number of nitrogen functional groups attached to an aromatic ring is 1. The van der Waals surface area contributed by atoms with Crippen molar-refractivity contribution in [2.24, 2.45) is 5.92 Å². The van der Waals surface area contributed by atoms with Gasteiger partial charge >= 0.3 is 5.97 Å². The summed E-state index contributed by atoms with van der Waals surface area (Å²) in [5.74, 6) is 0.354. The second kappa shape index (κ2) is 10.7. The van der Waals surface area contributed by atoms with E-state index < -0.39 is 5.97 Å². The van der Waals surface area contributed by atoms with Gasteiger partial charge in [-0.2, -0.15) is 0 Å². The molecule has 0 radical (unpaired) electrons. The van der Waals surface area contributed by atoms with Crippen molar-refractivity contribution in [3.05, 3.63) is 23.8 Å². The number of Topliss-reactive ketones (excluding diaryl/α,β-unsaturated/α-hetero) is 1. The van der Waals surface area contributed by atoms with Crippen molar-refractivity contribution < 1.29 is 14.7 Å². The van der Waals surface area contributed by atoms with Crippen LogP contribution in [0.4, 0.5) is 11.4 Å². The molecule has 1 aliphatic rings. The average Bonchev–Trinajstić information content (AvgIpc) is 3.34. The number of carboxylic acid groups (broad SMARTS) is 1. The van der Waals surface area contributed by atoms with Crippen molar-refractivity contribution in [1.82, 2.24) is 0 Å². The topological polar surface area (TPSA) is 92.4 Å². The van der Waals surface area contributed by atoms with Gasteiger partial charge in [0.15, 0.2) is 5.78 Å². The van der Waals surface area contributed by atoms with Crippen LogP contribution in [0.5, 0.6) is 0 Å². The van der Waals surface area contributed by atoms with Crippen molar-refractivity contribution in [2.45, 2.75) is 58.8 Å². The molecule has 0 unspecified atom stereocenters. The Bertz CT molecular complexity index is 539. The van der Waals surface area contributed by atoms with Gasteiger partial charge in [0.1, 0.15) is 0 Å². The lowest BCUT2D eigenvalue weighted by molar-refractivity contribution is -0.136. The number of aliphatic carboxylic acids is 1. The summed E-state index contributed by atoms with van der Waals surface area (Å²) in [4.78, 5) is 22.0. The van der Waals surface area contributed by atoms with Crippen molar-refractivity contribution in [3.8, 4) is 0 Å². The number of benzene rings is 1. The molecule has 1 fully saturated rings. The van der Waals surface area contributed by atoms with Crippen molar-refractivity contribution >= 4 is 23.1 Å². The fraction of sp³-hybridized carbons (Fsp3) is 0.579. The number of hydrogen-bond acceptors (Lipinski definition) is 4. The number of carbonyl (C=O) groups is 2. The molecule has 2 rings (SSSR count). The van der Waals surface area contributed by atoms with Crippen LogP contribution in [-0.4, -0.2) is 23.4 Å². The molecule has 0 spiro atoms. The van der Waals surface area contributed by atoms with Gasteiger partial charge in [-0.1, -0.05) is 39.5 Å². The first-order chi connectivity index (χ1) is 11.5. The molecule has 0 bridgehead atoms. The molecule has 4 N–H and O–H groups in total. The Kier molecular flexibility index (Phi) is 8.90. The Morgan fingerprint density at radius 3 is 2.38 bits per heavy atom. The lowest BCUT2D eigenvalue weighted by Crippen LogP contribution is -2.09. The van der Waals surface area contributed by atoms with Crippen LogP contribution < -0.4 is 11.1 Å². The Hall–Kier alpha value is -2.04. The largest absolute Gasteiger partial charge is 0.481 e.